The molecule has 2 aromatic heterocycles. The minimum atomic E-state index is -0.761. The van der Waals surface area contributed by atoms with Crippen LogP contribution in [0.3, 0.4) is 0 Å². The summed E-state index contributed by atoms with van der Waals surface area (Å²) in [5.74, 6) is -1.17. The average molecular weight is 556 g/mol. The van der Waals surface area contributed by atoms with Gasteiger partial charge in [-0.05, 0) is 60.4 Å². The standard InChI is InChI=1S/C31H27F2N5O3/c1-36-25-13-10-23(17-34)35-29(25)26(16-28(36)39)37-14-15-38(27(18-37)31(40)41-24-11-12-24)30(19-2-6-21(32)7-3-19)20-4-8-22(33)9-5-20/h2-10,13,16,24,27,30H,11-12,14-15,18H2,1H3. The number of hydrogen-bond acceptors (Lipinski definition) is 7. The highest BCUT2D eigenvalue weighted by Crippen LogP contribution is 2.36. The van der Waals surface area contributed by atoms with Crippen LogP contribution in [0.15, 0.2) is 71.5 Å². The number of pyridine rings is 2. The van der Waals surface area contributed by atoms with Gasteiger partial charge in [0.25, 0.3) is 5.56 Å². The van der Waals surface area contributed by atoms with E-state index in [2.05, 4.69) is 11.1 Å². The molecular formula is C31H27F2N5O3. The van der Waals surface area contributed by atoms with Gasteiger partial charge in [-0.2, -0.15) is 5.26 Å². The Hall–Kier alpha value is -4.62. The SMILES string of the molecule is Cn1c(=O)cc(N2CCN(C(c3ccc(F)cc3)c3ccc(F)cc3)C(C(=O)OC3CC3)C2)c2nc(C#N)ccc21. The van der Waals surface area contributed by atoms with Crippen LogP contribution < -0.4 is 10.5 Å². The summed E-state index contributed by atoms with van der Waals surface area (Å²) >= 11 is 0. The normalized spacial score (nSPS) is 17.5. The first-order chi connectivity index (χ1) is 19.8. The number of aryl methyl sites for hydroxylation is 1. The lowest BCUT2D eigenvalue weighted by atomic mass is 9.94. The van der Waals surface area contributed by atoms with Crippen molar-refractivity contribution in [2.24, 2.45) is 7.05 Å². The topological polar surface area (TPSA) is 91.5 Å². The minimum absolute atomic E-state index is 0.125. The van der Waals surface area contributed by atoms with Crippen molar-refractivity contribution >= 4 is 22.7 Å². The molecule has 1 aliphatic carbocycles. The summed E-state index contributed by atoms with van der Waals surface area (Å²) in [6.45, 7) is 0.983. The maximum atomic E-state index is 13.9. The van der Waals surface area contributed by atoms with Crippen LogP contribution in [0.2, 0.25) is 0 Å². The number of nitriles is 1. The van der Waals surface area contributed by atoms with Gasteiger partial charge >= 0.3 is 5.97 Å². The quantitative estimate of drug-likeness (QED) is 0.331. The van der Waals surface area contributed by atoms with Crippen molar-refractivity contribution in [3.05, 3.63) is 106 Å². The van der Waals surface area contributed by atoms with Crippen molar-refractivity contribution in [2.45, 2.75) is 31.0 Å². The van der Waals surface area contributed by atoms with Crippen molar-refractivity contribution in [2.75, 3.05) is 24.5 Å². The highest BCUT2D eigenvalue weighted by molar-refractivity contribution is 5.89. The number of ether oxygens (including phenoxy) is 1. The van der Waals surface area contributed by atoms with Crippen LogP contribution in [0.5, 0.6) is 0 Å². The van der Waals surface area contributed by atoms with Gasteiger partial charge in [0.1, 0.15) is 41.1 Å². The number of halogens is 2. The van der Waals surface area contributed by atoms with E-state index in [9.17, 15) is 23.6 Å². The largest absolute Gasteiger partial charge is 0.461 e. The third kappa shape index (κ3) is 5.28. The van der Waals surface area contributed by atoms with E-state index in [1.165, 1.54) is 34.9 Å². The van der Waals surface area contributed by atoms with E-state index in [1.807, 2.05) is 9.80 Å². The predicted molar refractivity (Wildman–Crippen MR) is 148 cm³/mol. The lowest BCUT2D eigenvalue weighted by Crippen LogP contribution is -2.58. The molecule has 2 aromatic carbocycles. The number of hydrogen-bond donors (Lipinski definition) is 0. The van der Waals surface area contributed by atoms with Gasteiger partial charge in [-0.1, -0.05) is 24.3 Å². The van der Waals surface area contributed by atoms with Crippen LogP contribution in [-0.4, -0.2) is 52.2 Å². The van der Waals surface area contributed by atoms with E-state index >= 15 is 0 Å². The number of aromatic nitrogens is 2. The van der Waals surface area contributed by atoms with E-state index < -0.39 is 18.1 Å². The average Bonchev–Trinajstić information content (AvgIpc) is 3.81. The van der Waals surface area contributed by atoms with Crippen molar-refractivity contribution in [1.82, 2.24) is 14.5 Å². The van der Waals surface area contributed by atoms with Gasteiger partial charge in [0, 0.05) is 32.7 Å². The Morgan fingerprint density at radius 3 is 2.22 bits per heavy atom. The van der Waals surface area contributed by atoms with E-state index in [4.69, 9.17) is 4.74 Å². The summed E-state index contributed by atoms with van der Waals surface area (Å²) in [5.41, 5.74) is 3.06. The number of esters is 1. The molecule has 1 aliphatic heterocycles. The summed E-state index contributed by atoms with van der Waals surface area (Å²) in [4.78, 5) is 35.0. The third-order valence-electron chi connectivity index (χ3n) is 7.73. The molecule has 4 aromatic rings. The van der Waals surface area contributed by atoms with Gasteiger partial charge < -0.3 is 14.2 Å². The van der Waals surface area contributed by atoms with Gasteiger partial charge in [0.05, 0.1) is 17.2 Å². The molecule has 2 aliphatic rings. The van der Waals surface area contributed by atoms with Crippen LogP contribution in [0.1, 0.15) is 35.7 Å². The highest BCUT2D eigenvalue weighted by Gasteiger charge is 2.41. The van der Waals surface area contributed by atoms with Gasteiger partial charge in [-0.3, -0.25) is 14.5 Å². The molecule has 0 spiro atoms. The molecule has 1 saturated heterocycles. The van der Waals surface area contributed by atoms with Crippen molar-refractivity contribution < 1.29 is 18.3 Å². The lowest BCUT2D eigenvalue weighted by Gasteiger charge is -2.45. The van der Waals surface area contributed by atoms with Crippen LogP contribution >= 0.6 is 0 Å². The zero-order chi connectivity index (χ0) is 28.7. The second-order valence-electron chi connectivity index (χ2n) is 10.4. The molecule has 1 atom stereocenters. The zero-order valence-corrected chi connectivity index (χ0v) is 22.3. The number of carbonyl (C=O) groups is 1. The molecular weight excluding hydrogens is 528 g/mol. The summed E-state index contributed by atoms with van der Waals surface area (Å²) < 4.78 is 35.0. The minimum Gasteiger partial charge on any atom is -0.461 e. The van der Waals surface area contributed by atoms with Gasteiger partial charge in [0.2, 0.25) is 0 Å². The number of nitrogens with zero attached hydrogens (tertiary/aromatic N) is 5. The molecule has 208 valence electrons. The van der Waals surface area contributed by atoms with E-state index in [0.29, 0.717) is 29.8 Å². The number of fused-ring (bicyclic) bond motifs is 1. The number of benzene rings is 2. The monoisotopic (exact) mass is 555 g/mol. The number of rotatable bonds is 6. The molecule has 1 saturated carbocycles. The maximum absolute atomic E-state index is 13.9. The zero-order valence-electron chi connectivity index (χ0n) is 22.3. The Bertz CT molecular complexity index is 1670. The Morgan fingerprint density at radius 2 is 1.63 bits per heavy atom. The second-order valence-corrected chi connectivity index (χ2v) is 10.4. The fourth-order valence-corrected chi connectivity index (χ4v) is 5.44. The maximum Gasteiger partial charge on any atom is 0.325 e. The van der Waals surface area contributed by atoms with Crippen molar-refractivity contribution in [3.63, 3.8) is 0 Å². The number of carbonyl (C=O) groups excluding carboxylic acids is 1. The Morgan fingerprint density at radius 1 is 1.00 bits per heavy atom. The fourth-order valence-electron chi connectivity index (χ4n) is 5.44. The van der Waals surface area contributed by atoms with Crippen LogP contribution in [0, 0.1) is 23.0 Å². The van der Waals surface area contributed by atoms with Crippen molar-refractivity contribution in [1.29, 1.82) is 5.26 Å². The lowest BCUT2D eigenvalue weighted by molar-refractivity contribution is -0.152. The second kappa shape index (κ2) is 10.7. The first-order valence-electron chi connectivity index (χ1n) is 13.5. The van der Waals surface area contributed by atoms with Crippen LogP contribution in [0.25, 0.3) is 11.0 Å². The first kappa shape index (κ1) is 26.6. The van der Waals surface area contributed by atoms with E-state index in [-0.39, 0.29) is 35.5 Å². The van der Waals surface area contributed by atoms with Crippen LogP contribution in [0.4, 0.5) is 14.5 Å². The Labute approximate surface area is 235 Å². The van der Waals surface area contributed by atoms with Gasteiger partial charge in [-0.25, -0.2) is 13.8 Å². The van der Waals surface area contributed by atoms with Gasteiger partial charge in [0.15, 0.2) is 0 Å². The molecule has 6 rings (SSSR count). The number of piperazine rings is 1. The van der Waals surface area contributed by atoms with Gasteiger partial charge in [-0.15, -0.1) is 0 Å². The molecule has 10 heteroatoms. The predicted octanol–water partition coefficient (Wildman–Crippen LogP) is 4.07. The molecule has 0 amide bonds. The third-order valence-corrected chi connectivity index (χ3v) is 7.73. The molecule has 0 N–H and O–H groups in total. The van der Waals surface area contributed by atoms with E-state index in [0.717, 1.165) is 24.0 Å². The van der Waals surface area contributed by atoms with Crippen LogP contribution in [-0.2, 0) is 16.6 Å². The molecule has 41 heavy (non-hydrogen) atoms. The molecule has 0 radical (unpaired) electrons. The molecule has 2 fully saturated rings. The molecule has 0 bridgehead atoms. The Balaban J connectivity index is 1.43. The molecule has 1 unspecified atom stereocenters. The van der Waals surface area contributed by atoms with Crippen molar-refractivity contribution in [3.8, 4) is 6.07 Å². The molecule has 8 nitrogen and oxygen atoms in total. The Kier molecular flexibility index (Phi) is 6.97. The summed E-state index contributed by atoms with van der Waals surface area (Å²) in [5, 5.41) is 9.46. The van der Waals surface area contributed by atoms with E-state index in [1.54, 1.807) is 43.4 Å². The summed E-state index contributed by atoms with van der Waals surface area (Å²) in [6.07, 6.45) is 1.49. The fraction of sp³-hybridized carbons (Fsp3) is 0.290. The smallest absolute Gasteiger partial charge is 0.325 e. The highest BCUT2D eigenvalue weighted by atomic mass is 19.1. The number of anilines is 1. The molecule has 3 heterocycles. The first-order valence-corrected chi connectivity index (χ1v) is 13.5. The summed E-state index contributed by atoms with van der Waals surface area (Å²) in [6, 6.07) is 17.7. The summed E-state index contributed by atoms with van der Waals surface area (Å²) in [7, 11) is 1.64.